The molecule has 1 aliphatic heterocycles. The van der Waals surface area contributed by atoms with Crippen LogP contribution in [0.15, 0.2) is 16.9 Å². The summed E-state index contributed by atoms with van der Waals surface area (Å²) in [6.07, 6.45) is 3.72. The lowest BCUT2D eigenvalue weighted by atomic mass is 10.2. The highest BCUT2D eigenvalue weighted by Crippen LogP contribution is 2.24. The highest BCUT2D eigenvalue weighted by Gasteiger charge is 2.21. The molecule has 0 aliphatic carbocycles. The molecular weight excluding hydrogens is 138 g/mol. The van der Waals surface area contributed by atoms with E-state index in [4.69, 9.17) is 4.42 Å². The van der Waals surface area contributed by atoms with Gasteiger partial charge in [-0.3, -0.25) is 4.90 Å². The van der Waals surface area contributed by atoms with E-state index in [0.29, 0.717) is 6.04 Å². The molecule has 2 rings (SSSR count). The molecule has 2 nitrogen and oxygen atoms in total. The van der Waals surface area contributed by atoms with E-state index in [-0.39, 0.29) is 0 Å². The molecule has 1 aromatic heterocycles. The molecule has 0 saturated carbocycles. The van der Waals surface area contributed by atoms with Crippen molar-refractivity contribution < 1.29 is 4.42 Å². The largest absolute Gasteiger partial charge is 0.472 e. The van der Waals surface area contributed by atoms with E-state index in [2.05, 4.69) is 18.7 Å². The quantitative estimate of drug-likeness (QED) is 0.610. The van der Waals surface area contributed by atoms with Crippen molar-refractivity contribution in [1.82, 2.24) is 4.90 Å². The minimum absolute atomic E-state index is 0.641. The van der Waals surface area contributed by atoms with E-state index < -0.39 is 0 Å². The number of furan rings is 1. The van der Waals surface area contributed by atoms with E-state index in [9.17, 15) is 0 Å². The smallest absolute Gasteiger partial charge is 0.0951 e. The Hall–Kier alpha value is -0.760. The Bertz CT molecular complexity index is 231. The summed E-state index contributed by atoms with van der Waals surface area (Å²) in [5, 5.41) is 0. The van der Waals surface area contributed by atoms with Gasteiger partial charge < -0.3 is 4.42 Å². The van der Waals surface area contributed by atoms with E-state index in [0.717, 1.165) is 13.1 Å². The molecule has 0 amide bonds. The third kappa shape index (κ3) is 1.07. The Kier molecular flexibility index (Phi) is 1.50. The lowest BCUT2D eigenvalue weighted by Gasteiger charge is -2.18. The predicted molar refractivity (Wildman–Crippen MR) is 43.1 cm³/mol. The molecule has 0 radical (unpaired) electrons. The van der Waals surface area contributed by atoms with Crippen LogP contribution >= 0.6 is 0 Å². The monoisotopic (exact) mass is 151 g/mol. The molecule has 0 N–H and O–H groups in total. The molecule has 2 heterocycles. The van der Waals surface area contributed by atoms with E-state index >= 15 is 0 Å². The van der Waals surface area contributed by atoms with Crippen molar-refractivity contribution in [2.45, 2.75) is 33.0 Å². The number of hydrogen-bond acceptors (Lipinski definition) is 2. The van der Waals surface area contributed by atoms with Gasteiger partial charge in [0.25, 0.3) is 0 Å². The van der Waals surface area contributed by atoms with Crippen LogP contribution in [-0.4, -0.2) is 10.9 Å². The van der Waals surface area contributed by atoms with Crippen molar-refractivity contribution in [1.29, 1.82) is 0 Å². The van der Waals surface area contributed by atoms with Crippen molar-refractivity contribution in [2.75, 3.05) is 0 Å². The lowest BCUT2D eigenvalue weighted by Crippen LogP contribution is -2.24. The SMILES string of the molecule is CC(C)N1Cc2cocc2C1. The van der Waals surface area contributed by atoms with Crippen molar-refractivity contribution in [3.63, 3.8) is 0 Å². The van der Waals surface area contributed by atoms with Gasteiger partial charge in [0, 0.05) is 30.3 Å². The van der Waals surface area contributed by atoms with Gasteiger partial charge in [0.15, 0.2) is 0 Å². The first-order valence-electron chi connectivity index (χ1n) is 4.05. The van der Waals surface area contributed by atoms with Crippen LogP contribution in [0.4, 0.5) is 0 Å². The molecule has 0 spiro atoms. The predicted octanol–water partition coefficient (Wildman–Crippen LogP) is 2.00. The summed E-state index contributed by atoms with van der Waals surface area (Å²) < 4.78 is 5.09. The second kappa shape index (κ2) is 2.38. The van der Waals surface area contributed by atoms with Crippen LogP contribution in [0.2, 0.25) is 0 Å². The molecule has 1 aromatic rings. The molecule has 0 saturated heterocycles. The highest BCUT2D eigenvalue weighted by atomic mass is 16.3. The Morgan fingerprint density at radius 1 is 1.27 bits per heavy atom. The molecule has 0 bridgehead atoms. The molecule has 0 aromatic carbocycles. The van der Waals surface area contributed by atoms with Crippen LogP contribution in [-0.2, 0) is 13.1 Å². The maximum Gasteiger partial charge on any atom is 0.0951 e. The number of fused-ring (bicyclic) bond motifs is 1. The molecule has 2 heteroatoms. The van der Waals surface area contributed by atoms with Crippen LogP contribution in [0.1, 0.15) is 25.0 Å². The summed E-state index contributed by atoms with van der Waals surface area (Å²) in [7, 11) is 0. The standard InChI is InChI=1S/C9H13NO/c1-7(2)10-3-8-5-11-6-9(8)4-10/h5-7H,3-4H2,1-2H3. The molecule has 0 unspecified atom stereocenters. The summed E-state index contributed by atoms with van der Waals surface area (Å²) in [5.74, 6) is 0. The first kappa shape index (κ1) is 6.92. The lowest BCUT2D eigenvalue weighted by molar-refractivity contribution is 0.224. The van der Waals surface area contributed by atoms with Crippen LogP contribution in [0.5, 0.6) is 0 Å². The van der Waals surface area contributed by atoms with Gasteiger partial charge in [-0.05, 0) is 13.8 Å². The van der Waals surface area contributed by atoms with Gasteiger partial charge in [0.2, 0.25) is 0 Å². The first-order chi connectivity index (χ1) is 5.27. The topological polar surface area (TPSA) is 16.4 Å². The van der Waals surface area contributed by atoms with Gasteiger partial charge in [-0.25, -0.2) is 0 Å². The summed E-state index contributed by atoms with van der Waals surface area (Å²) in [6, 6.07) is 0.641. The maximum atomic E-state index is 5.09. The molecular formula is C9H13NO. The van der Waals surface area contributed by atoms with Crippen LogP contribution < -0.4 is 0 Å². The van der Waals surface area contributed by atoms with Crippen LogP contribution in [0.3, 0.4) is 0 Å². The van der Waals surface area contributed by atoms with Crippen LogP contribution in [0.25, 0.3) is 0 Å². The molecule has 0 atom stereocenters. The number of rotatable bonds is 1. The summed E-state index contributed by atoms with van der Waals surface area (Å²) in [5.41, 5.74) is 2.72. The minimum atomic E-state index is 0.641. The Labute approximate surface area is 66.8 Å². The van der Waals surface area contributed by atoms with Crippen LogP contribution in [0, 0.1) is 0 Å². The Morgan fingerprint density at radius 2 is 1.82 bits per heavy atom. The van der Waals surface area contributed by atoms with Gasteiger partial charge in [-0.2, -0.15) is 0 Å². The fourth-order valence-electron chi connectivity index (χ4n) is 1.49. The van der Waals surface area contributed by atoms with Crippen molar-refractivity contribution in [3.05, 3.63) is 23.7 Å². The average Bonchev–Trinajstić information content (AvgIpc) is 2.40. The van der Waals surface area contributed by atoms with Gasteiger partial charge >= 0.3 is 0 Å². The fourth-order valence-corrected chi connectivity index (χ4v) is 1.49. The normalized spacial score (nSPS) is 17.7. The average molecular weight is 151 g/mol. The number of hydrogen-bond donors (Lipinski definition) is 0. The molecule has 11 heavy (non-hydrogen) atoms. The Balaban J connectivity index is 2.16. The third-order valence-corrected chi connectivity index (χ3v) is 2.31. The van der Waals surface area contributed by atoms with E-state index in [1.54, 1.807) is 0 Å². The maximum absolute atomic E-state index is 5.09. The second-order valence-corrected chi connectivity index (χ2v) is 3.42. The summed E-state index contributed by atoms with van der Waals surface area (Å²) >= 11 is 0. The van der Waals surface area contributed by atoms with Gasteiger partial charge in [-0.1, -0.05) is 0 Å². The summed E-state index contributed by atoms with van der Waals surface area (Å²) in [4.78, 5) is 2.43. The first-order valence-corrected chi connectivity index (χ1v) is 4.05. The minimum Gasteiger partial charge on any atom is -0.472 e. The van der Waals surface area contributed by atoms with Crippen molar-refractivity contribution in [3.8, 4) is 0 Å². The van der Waals surface area contributed by atoms with E-state index in [1.165, 1.54) is 11.1 Å². The van der Waals surface area contributed by atoms with E-state index in [1.807, 2.05) is 12.5 Å². The zero-order valence-electron chi connectivity index (χ0n) is 7.00. The molecule has 60 valence electrons. The van der Waals surface area contributed by atoms with Gasteiger partial charge in [-0.15, -0.1) is 0 Å². The van der Waals surface area contributed by atoms with Crippen molar-refractivity contribution >= 4 is 0 Å². The zero-order chi connectivity index (χ0) is 7.84. The van der Waals surface area contributed by atoms with Gasteiger partial charge in [0.1, 0.15) is 0 Å². The molecule has 0 fully saturated rings. The second-order valence-electron chi connectivity index (χ2n) is 3.42. The number of nitrogens with zero attached hydrogens (tertiary/aromatic N) is 1. The van der Waals surface area contributed by atoms with Gasteiger partial charge in [0.05, 0.1) is 12.5 Å². The third-order valence-electron chi connectivity index (χ3n) is 2.31. The molecule has 1 aliphatic rings. The highest BCUT2D eigenvalue weighted by molar-refractivity contribution is 5.24. The fraction of sp³-hybridized carbons (Fsp3) is 0.556. The zero-order valence-corrected chi connectivity index (χ0v) is 7.00. The Morgan fingerprint density at radius 3 is 2.27 bits per heavy atom. The summed E-state index contributed by atoms with van der Waals surface area (Å²) in [6.45, 7) is 6.57. The van der Waals surface area contributed by atoms with Crippen molar-refractivity contribution in [2.24, 2.45) is 0 Å².